The van der Waals surface area contributed by atoms with E-state index in [1.165, 1.54) is 12.8 Å². The SMILES string of the molecule is CCc1nn(C)c(CN2CCCC2CNC)c1Cl. The summed E-state index contributed by atoms with van der Waals surface area (Å²) < 4.78 is 1.94. The number of halogens is 1. The molecule has 0 saturated carbocycles. The molecular formula is C13H23ClN4. The molecule has 1 aliphatic rings. The van der Waals surface area contributed by atoms with E-state index in [-0.39, 0.29) is 0 Å². The van der Waals surface area contributed by atoms with Gasteiger partial charge in [0.2, 0.25) is 0 Å². The number of aryl methyl sites for hydroxylation is 2. The highest BCUT2D eigenvalue weighted by atomic mass is 35.5. The number of hydrogen-bond acceptors (Lipinski definition) is 3. The van der Waals surface area contributed by atoms with E-state index in [4.69, 9.17) is 11.6 Å². The number of aromatic nitrogens is 2. The topological polar surface area (TPSA) is 33.1 Å². The van der Waals surface area contributed by atoms with E-state index in [0.717, 1.165) is 42.5 Å². The number of nitrogens with zero attached hydrogens (tertiary/aromatic N) is 3. The van der Waals surface area contributed by atoms with Crippen molar-refractivity contribution in [3.8, 4) is 0 Å². The van der Waals surface area contributed by atoms with Crippen molar-refractivity contribution < 1.29 is 0 Å². The first kappa shape index (κ1) is 13.8. The van der Waals surface area contributed by atoms with Gasteiger partial charge in [-0.3, -0.25) is 9.58 Å². The van der Waals surface area contributed by atoms with Gasteiger partial charge in [0.25, 0.3) is 0 Å². The number of hydrogen-bond donors (Lipinski definition) is 1. The molecule has 0 bridgehead atoms. The van der Waals surface area contributed by atoms with Gasteiger partial charge >= 0.3 is 0 Å². The van der Waals surface area contributed by atoms with Crippen LogP contribution >= 0.6 is 11.6 Å². The van der Waals surface area contributed by atoms with Gasteiger partial charge in [-0.05, 0) is 32.9 Å². The maximum absolute atomic E-state index is 6.41. The van der Waals surface area contributed by atoms with E-state index < -0.39 is 0 Å². The summed E-state index contributed by atoms with van der Waals surface area (Å²) in [6, 6.07) is 0.631. The van der Waals surface area contributed by atoms with Crippen LogP contribution in [0, 0.1) is 0 Å². The molecule has 1 aliphatic heterocycles. The summed E-state index contributed by atoms with van der Waals surface area (Å²) in [5, 5.41) is 8.61. The lowest BCUT2D eigenvalue weighted by molar-refractivity contribution is 0.236. The highest BCUT2D eigenvalue weighted by molar-refractivity contribution is 6.31. The Balaban J connectivity index is 2.11. The maximum Gasteiger partial charge on any atom is 0.0863 e. The standard InChI is InChI=1S/C13H23ClN4/c1-4-11-13(14)12(17(3)16-11)9-18-7-5-6-10(18)8-15-2/h10,15H,4-9H2,1-3H3. The van der Waals surface area contributed by atoms with Crippen LogP contribution < -0.4 is 5.32 Å². The average molecular weight is 271 g/mol. The van der Waals surface area contributed by atoms with Crippen LogP contribution in [0.5, 0.6) is 0 Å². The molecule has 1 N–H and O–H groups in total. The van der Waals surface area contributed by atoms with Crippen molar-refractivity contribution in [1.82, 2.24) is 20.0 Å². The Morgan fingerprint density at radius 3 is 2.89 bits per heavy atom. The number of nitrogens with one attached hydrogen (secondary N) is 1. The van der Waals surface area contributed by atoms with Crippen LogP contribution in [0.4, 0.5) is 0 Å². The van der Waals surface area contributed by atoms with Gasteiger partial charge in [-0.15, -0.1) is 0 Å². The van der Waals surface area contributed by atoms with Crippen LogP contribution in [-0.4, -0.2) is 40.9 Å². The summed E-state index contributed by atoms with van der Waals surface area (Å²) in [5.74, 6) is 0. The first-order chi connectivity index (χ1) is 8.67. The first-order valence-electron chi connectivity index (χ1n) is 6.76. The van der Waals surface area contributed by atoms with Crippen LogP contribution in [-0.2, 0) is 20.0 Å². The van der Waals surface area contributed by atoms with Gasteiger partial charge in [-0.2, -0.15) is 5.10 Å². The number of rotatable bonds is 5. The molecule has 2 rings (SSSR count). The summed E-state index contributed by atoms with van der Waals surface area (Å²) in [4.78, 5) is 2.51. The normalized spacial score (nSPS) is 20.8. The third-order valence-corrected chi connectivity index (χ3v) is 4.23. The highest BCUT2D eigenvalue weighted by Gasteiger charge is 2.26. The van der Waals surface area contributed by atoms with Crippen molar-refractivity contribution in [2.24, 2.45) is 7.05 Å². The van der Waals surface area contributed by atoms with E-state index in [2.05, 4.69) is 22.2 Å². The molecule has 1 aromatic rings. The van der Waals surface area contributed by atoms with Crippen molar-refractivity contribution in [3.05, 3.63) is 16.4 Å². The minimum atomic E-state index is 0.631. The molecule has 1 atom stereocenters. The zero-order valence-corrected chi connectivity index (χ0v) is 12.3. The summed E-state index contributed by atoms with van der Waals surface area (Å²) in [6.45, 7) is 5.22. The molecule has 2 heterocycles. The van der Waals surface area contributed by atoms with Crippen LogP contribution in [0.1, 0.15) is 31.2 Å². The third kappa shape index (κ3) is 2.71. The molecule has 0 spiro atoms. The van der Waals surface area contributed by atoms with Gasteiger partial charge < -0.3 is 5.32 Å². The Kier molecular flexibility index (Phi) is 4.65. The smallest absolute Gasteiger partial charge is 0.0863 e. The summed E-state index contributed by atoms with van der Waals surface area (Å²) >= 11 is 6.41. The molecule has 0 aliphatic carbocycles. The van der Waals surface area contributed by atoms with Crippen molar-refractivity contribution in [3.63, 3.8) is 0 Å². The lowest BCUT2D eigenvalue weighted by atomic mass is 10.2. The molecule has 0 aromatic carbocycles. The Morgan fingerprint density at radius 2 is 2.28 bits per heavy atom. The lowest BCUT2D eigenvalue weighted by Crippen LogP contribution is -2.36. The zero-order valence-electron chi connectivity index (χ0n) is 11.5. The second kappa shape index (κ2) is 6.04. The molecule has 1 aromatic heterocycles. The van der Waals surface area contributed by atoms with Crippen molar-refractivity contribution in [1.29, 1.82) is 0 Å². The van der Waals surface area contributed by atoms with E-state index in [1.807, 2.05) is 18.8 Å². The third-order valence-electron chi connectivity index (χ3n) is 3.79. The van der Waals surface area contributed by atoms with Gasteiger partial charge in [-0.1, -0.05) is 18.5 Å². The van der Waals surface area contributed by atoms with Crippen LogP contribution in [0.15, 0.2) is 0 Å². The Morgan fingerprint density at radius 1 is 1.50 bits per heavy atom. The van der Waals surface area contributed by atoms with Crippen LogP contribution in [0.3, 0.4) is 0 Å². The molecule has 0 amide bonds. The van der Waals surface area contributed by atoms with Gasteiger partial charge in [0.1, 0.15) is 0 Å². The quantitative estimate of drug-likeness (QED) is 0.886. The molecular weight excluding hydrogens is 248 g/mol. The Labute approximate surface area is 114 Å². The van der Waals surface area contributed by atoms with Gasteiger partial charge in [-0.25, -0.2) is 0 Å². The fourth-order valence-electron chi connectivity index (χ4n) is 2.75. The van der Waals surface area contributed by atoms with E-state index in [1.54, 1.807) is 0 Å². The van der Waals surface area contributed by atoms with Crippen molar-refractivity contribution in [2.75, 3.05) is 20.1 Å². The zero-order chi connectivity index (χ0) is 13.1. The molecule has 0 radical (unpaired) electrons. The molecule has 1 fully saturated rings. The second-order valence-corrected chi connectivity index (χ2v) is 5.39. The number of likely N-dealkylation sites (tertiary alicyclic amines) is 1. The predicted molar refractivity (Wildman–Crippen MR) is 75.0 cm³/mol. The summed E-state index contributed by atoms with van der Waals surface area (Å²) in [6.07, 6.45) is 3.45. The molecule has 102 valence electrons. The van der Waals surface area contributed by atoms with Crippen LogP contribution in [0.25, 0.3) is 0 Å². The van der Waals surface area contributed by atoms with Crippen LogP contribution in [0.2, 0.25) is 5.02 Å². The van der Waals surface area contributed by atoms with Gasteiger partial charge in [0.15, 0.2) is 0 Å². The largest absolute Gasteiger partial charge is 0.318 e. The maximum atomic E-state index is 6.41. The Bertz CT molecular complexity index is 402. The fourth-order valence-corrected chi connectivity index (χ4v) is 3.11. The minimum Gasteiger partial charge on any atom is -0.318 e. The highest BCUT2D eigenvalue weighted by Crippen LogP contribution is 2.25. The monoisotopic (exact) mass is 270 g/mol. The van der Waals surface area contributed by atoms with Crippen molar-refractivity contribution in [2.45, 2.75) is 38.8 Å². The molecule has 1 unspecified atom stereocenters. The predicted octanol–water partition coefficient (Wildman–Crippen LogP) is 1.82. The molecule has 5 heteroatoms. The van der Waals surface area contributed by atoms with Gasteiger partial charge in [0.05, 0.1) is 16.4 Å². The van der Waals surface area contributed by atoms with E-state index >= 15 is 0 Å². The lowest BCUT2D eigenvalue weighted by Gasteiger charge is -2.24. The fraction of sp³-hybridized carbons (Fsp3) is 0.769. The summed E-state index contributed by atoms with van der Waals surface area (Å²) in [5.41, 5.74) is 2.16. The number of likely N-dealkylation sites (N-methyl/N-ethyl adjacent to an activating group) is 1. The average Bonchev–Trinajstić information content (AvgIpc) is 2.89. The molecule has 18 heavy (non-hydrogen) atoms. The van der Waals surface area contributed by atoms with Crippen molar-refractivity contribution >= 4 is 11.6 Å². The van der Waals surface area contributed by atoms with E-state index in [9.17, 15) is 0 Å². The molecule has 1 saturated heterocycles. The van der Waals surface area contributed by atoms with Gasteiger partial charge in [0, 0.05) is 26.2 Å². The Hall–Kier alpha value is -0.580. The minimum absolute atomic E-state index is 0.631. The summed E-state index contributed by atoms with van der Waals surface area (Å²) in [7, 11) is 4.01. The van der Waals surface area contributed by atoms with E-state index in [0.29, 0.717) is 6.04 Å². The second-order valence-electron chi connectivity index (χ2n) is 5.01. The first-order valence-corrected chi connectivity index (χ1v) is 7.14. The molecule has 4 nitrogen and oxygen atoms in total.